The minimum Gasteiger partial charge on any atom is -0.459 e. The van der Waals surface area contributed by atoms with E-state index in [1.54, 1.807) is 59.1 Å². The monoisotopic (exact) mass is 974 g/mol. The number of nitrogens with zero attached hydrogens (tertiary/aromatic N) is 2. The van der Waals surface area contributed by atoms with Crippen LogP contribution in [0.2, 0.25) is 0 Å². The van der Waals surface area contributed by atoms with Gasteiger partial charge in [0.1, 0.15) is 35.4 Å². The Kier molecular flexibility index (Phi) is 19.3. The first kappa shape index (κ1) is 56.6. The van der Waals surface area contributed by atoms with Crippen molar-refractivity contribution in [1.82, 2.24) is 14.8 Å². The van der Waals surface area contributed by atoms with Gasteiger partial charge in [0, 0.05) is 70.3 Å². The molecular weight excluding hydrogens is 891 g/mol. The van der Waals surface area contributed by atoms with Gasteiger partial charge in [-0.25, -0.2) is 0 Å². The lowest BCUT2D eigenvalue weighted by molar-refractivity contribution is -0.319. The quantitative estimate of drug-likeness (QED) is 0.168. The second kappa shape index (κ2) is 23.5. The summed E-state index contributed by atoms with van der Waals surface area (Å²) in [5.74, 6) is -5.04. The number of aliphatic hydroxyl groups excluding tert-OH is 3. The lowest BCUT2D eigenvalue weighted by atomic mass is 9.74. The van der Waals surface area contributed by atoms with Crippen molar-refractivity contribution in [2.24, 2.45) is 30.7 Å². The fourth-order valence-electron chi connectivity index (χ4n) is 11.0. The van der Waals surface area contributed by atoms with Gasteiger partial charge in [0.05, 0.1) is 47.6 Å². The fraction of sp³-hybridized carbons (Fsp3) is 0.750. The summed E-state index contributed by atoms with van der Waals surface area (Å²) >= 11 is 0. The molecule has 4 heterocycles. The number of carbonyl (C=O) groups is 3. The molecule has 19 atom stereocenters. The van der Waals surface area contributed by atoms with Crippen LogP contribution in [0.1, 0.15) is 111 Å². The number of ketones is 1. The largest absolute Gasteiger partial charge is 0.459 e. The molecule has 1 aromatic heterocycles. The molecule has 1 amide bonds. The summed E-state index contributed by atoms with van der Waals surface area (Å²) in [7, 11) is 6.71. The molecule has 0 spiro atoms. The van der Waals surface area contributed by atoms with Crippen LogP contribution in [-0.2, 0) is 56.2 Å². The summed E-state index contributed by atoms with van der Waals surface area (Å²) in [6.45, 7) is 17.3. The maximum absolute atomic E-state index is 14.5. The second-order valence-corrected chi connectivity index (χ2v) is 21.0. The van der Waals surface area contributed by atoms with E-state index in [-0.39, 0.29) is 37.0 Å². The van der Waals surface area contributed by atoms with E-state index in [0.717, 1.165) is 5.56 Å². The minimum absolute atomic E-state index is 0.0495. The van der Waals surface area contributed by atoms with Crippen LogP contribution >= 0.6 is 0 Å². The molecule has 3 aliphatic rings. The number of benzene rings is 1. The summed E-state index contributed by atoms with van der Waals surface area (Å²) in [4.78, 5) is 44.4. The molecule has 0 radical (unpaired) electrons. The van der Waals surface area contributed by atoms with Crippen LogP contribution in [0.4, 0.5) is 0 Å². The standard InChI is InChI=1S/C52H83N3O14/c1-15-39-52(10,62)44(58)31(4)41(56)29(2)26-51(9,64-14)46(32(5)43(33(6)48(61)67-39)68-40-27-50(8,63-13)45(59)34(7)66-40)69-49-42(57)38(24-30(3)65-49)55(12)28-36(25-35-20-17-16-18-21-35)53-47(60)37-22-19-23-54(37)11/h16-23,29-34,36,38-40,42-46,49,57-59,62H,15,24-28H2,1-14H3,(H,53,60)/t29-,30-,31+,32+,33-,34+,36-,38+,39-,40+,42-,43+,44-,45+,46-,49-,50-,51-,52-/m1/s1. The zero-order valence-electron chi connectivity index (χ0n) is 43.4. The molecule has 0 saturated carbocycles. The Hall–Kier alpha value is -3.33. The van der Waals surface area contributed by atoms with Gasteiger partial charge < -0.3 is 63.5 Å². The summed E-state index contributed by atoms with van der Waals surface area (Å²) in [6.07, 6.45) is -7.60. The molecule has 1 aromatic carbocycles. The van der Waals surface area contributed by atoms with E-state index in [9.17, 15) is 34.8 Å². The Bertz CT molecular complexity index is 1990. The van der Waals surface area contributed by atoms with Crippen molar-refractivity contribution in [3.8, 4) is 0 Å². The lowest BCUT2D eigenvalue weighted by Gasteiger charge is -2.50. The van der Waals surface area contributed by atoms with Gasteiger partial charge in [-0.05, 0) is 92.0 Å². The molecule has 3 aliphatic heterocycles. The number of amides is 1. The van der Waals surface area contributed by atoms with Crippen molar-refractivity contribution in [1.29, 1.82) is 0 Å². The fourth-order valence-corrected chi connectivity index (χ4v) is 11.0. The number of rotatable bonds is 14. The SMILES string of the molecule is CC[C@H]1OC(=O)[C@H](C)[C@@H](O[C@H]2C[C@@](C)(OC)[C@@H](O)[C@H](C)O2)[C@H](C)[C@@H](O[C@H]2O[C@H](C)C[C@H](N(C)C[C@@H](Cc3ccccc3)NC(=O)c3cccn3C)[C@H]2O)[C@](C)(OC)C[C@@H](C)C(=O)[C@H](C)[C@@H](O)[C@]1(C)O. The molecule has 0 aliphatic carbocycles. The number of Topliss-reactive ketones (excluding diaryl/α,β-unsaturated/α-hetero) is 1. The van der Waals surface area contributed by atoms with E-state index < -0.39 is 114 Å². The molecule has 390 valence electrons. The number of esters is 1. The van der Waals surface area contributed by atoms with Gasteiger partial charge in [-0.2, -0.15) is 0 Å². The maximum Gasteiger partial charge on any atom is 0.311 e. The average Bonchev–Trinajstić information content (AvgIpc) is 3.75. The van der Waals surface area contributed by atoms with Crippen molar-refractivity contribution >= 4 is 17.7 Å². The first-order valence-corrected chi connectivity index (χ1v) is 24.7. The first-order chi connectivity index (χ1) is 32.3. The predicted molar refractivity (Wildman–Crippen MR) is 257 cm³/mol. The summed E-state index contributed by atoms with van der Waals surface area (Å²) in [6, 6.07) is 12.6. The predicted octanol–water partition coefficient (Wildman–Crippen LogP) is 4.19. The highest BCUT2D eigenvalue weighted by Crippen LogP contribution is 2.42. The van der Waals surface area contributed by atoms with Crippen molar-refractivity contribution in [2.45, 2.75) is 192 Å². The zero-order valence-corrected chi connectivity index (χ0v) is 43.4. The number of cyclic esters (lactones) is 1. The van der Waals surface area contributed by atoms with Crippen molar-refractivity contribution in [2.75, 3.05) is 27.8 Å². The molecule has 3 saturated heterocycles. The van der Waals surface area contributed by atoms with Crippen LogP contribution in [-0.4, -0.2) is 166 Å². The van der Waals surface area contributed by atoms with Gasteiger partial charge in [0.15, 0.2) is 12.6 Å². The number of nitrogens with one attached hydrogen (secondary N) is 1. The lowest BCUT2D eigenvalue weighted by Crippen LogP contribution is -2.62. The number of aromatic nitrogens is 1. The number of aliphatic hydroxyl groups is 4. The minimum atomic E-state index is -2.01. The number of likely N-dealkylation sites (N-methyl/N-ethyl adjacent to an activating group) is 1. The second-order valence-electron chi connectivity index (χ2n) is 21.0. The van der Waals surface area contributed by atoms with E-state index in [0.29, 0.717) is 25.1 Å². The zero-order chi connectivity index (χ0) is 51.3. The van der Waals surface area contributed by atoms with Crippen LogP contribution in [0.15, 0.2) is 48.7 Å². The van der Waals surface area contributed by atoms with Gasteiger partial charge in [-0.3, -0.25) is 19.3 Å². The molecule has 5 rings (SSSR count). The van der Waals surface area contributed by atoms with E-state index in [4.69, 9.17) is 33.2 Å². The Morgan fingerprint density at radius 2 is 1.55 bits per heavy atom. The van der Waals surface area contributed by atoms with Crippen LogP contribution < -0.4 is 5.32 Å². The van der Waals surface area contributed by atoms with E-state index in [1.807, 2.05) is 75.4 Å². The third-order valence-corrected chi connectivity index (χ3v) is 15.5. The van der Waals surface area contributed by atoms with Crippen LogP contribution in [0, 0.1) is 23.7 Å². The smallest absolute Gasteiger partial charge is 0.311 e. The molecule has 17 nitrogen and oxygen atoms in total. The van der Waals surface area contributed by atoms with Crippen LogP contribution in [0.5, 0.6) is 0 Å². The number of carbonyl (C=O) groups excluding carboxylic acids is 3. The number of methoxy groups -OCH3 is 2. The molecule has 0 bridgehead atoms. The molecule has 3 fully saturated rings. The third kappa shape index (κ3) is 12.8. The van der Waals surface area contributed by atoms with E-state index in [2.05, 4.69) is 5.32 Å². The normalized spacial score (nSPS) is 40.2. The van der Waals surface area contributed by atoms with Crippen molar-refractivity contribution < 1.29 is 68.0 Å². The first-order valence-electron chi connectivity index (χ1n) is 24.7. The summed E-state index contributed by atoms with van der Waals surface area (Å²) in [5.41, 5.74) is -2.90. The van der Waals surface area contributed by atoms with Crippen LogP contribution in [0.3, 0.4) is 0 Å². The highest BCUT2D eigenvalue weighted by Gasteiger charge is 2.54. The Balaban J connectivity index is 1.55. The highest BCUT2D eigenvalue weighted by molar-refractivity contribution is 5.93. The molecule has 69 heavy (non-hydrogen) atoms. The maximum atomic E-state index is 14.5. The van der Waals surface area contributed by atoms with Gasteiger partial charge in [-0.15, -0.1) is 0 Å². The molecule has 2 aromatic rings. The van der Waals surface area contributed by atoms with Crippen molar-refractivity contribution in [3.05, 3.63) is 59.9 Å². The van der Waals surface area contributed by atoms with Crippen molar-refractivity contribution in [3.63, 3.8) is 0 Å². The van der Waals surface area contributed by atoms with E-state index in [1.165, 1.54) is 21.1 Å². The number of hydrogen-bond acceptors (Lipinski definition) is 15. The molecule has 5 N–H and O–H groups in total. The molecular formula is C52H83N3O14. The van der Waals surface area contributed by atoms with Gasteiger partial charge in [-0.1, -0.05) is 58.0 Å². The Morgan fingerprint density at radius 1 is 0.899 bits per heavy atom. The Labute approximate surface area is 409 Å². The molecule has 17 heteroatoms. The number of hydrogen-bond donors (Lipinski definition) is 5. The van der Waals surface area contributed by atoms with Gasteiger partial charge >= 0.3 is 5.97 Å². The number of aryl methyl sites for hydroxylation is 1. The third-order valence-electron chi connectivity index (χ3n) is 15.5. The van der Waals surface area contributed by atoms with E-state index >= 15 is 0 Å². The average molecular weight is 974 g/mol. The van der Waals surface area contributed by atoms with Gasteiger partial charge in [0.25, 0.3) is 5.91 Å². The summed E-state index contributed by atoms with van der Waals surface area (Å²) < 4.78 is 46.7. The topological polar surface area (TPSA) is 217 Å². The molecule has 0 unspecified atom stereocenters. The summed E-state index contributed by atoms with van der Waals surface area (Å²) in [5, 5.41) is 50.2. The van der Waals surface area contributed by atoms with Gasteiger partial charge in [0.2, 0.25) is 0 Å². The Morgan fingerprint density at radius 3 is 2.14 bits per heavy atom. The van der Waals surface area contributed by atoms with Crippen LogP contribution in [0.25, 0.3) is 0 Å². The number of ether oxygens (including phenoxy) is 7. The highest BCUT2D eigenvalue weighted by atomic mass is 16.7.